The van der Waals surface area contributed by atoms with Gasteiger partial charge in [-0.1, -0.05) is 6.92 Å². The third-order valence-corrected chi connectivity index (χ3v) is 4.16. The summed E-state index contributed by atoms with van der Waals surface area (Å²) >= 11 is 0. The lowest BCUT2D eigenvalue weighted by Gasteiger charge is -2.40. The summed E-state index contributed by atoms with van der Waals surface area (Å²) in [6, 6.07) is 0. The van der Waals surface area contributed by atoms with Crippen LogP contribution in [-0.4, -0.2) is 49.7 Å². The van der Waals surface area contributed by atoms with Crippen LogP contribution in [0.4, 0.5) is 0 Å². The first-order chi connectivity index (χ1) is 8.20. The molecule has 1 aliphatic heterocycles. The molecule has 0 amide bonds. The van der Waals surface area contributed by atoms with E-state index in [1.54, 1.807) is 0 Å². The summed E-state index contributed by atoms with van der Waals surface area (Å²) in [5.74, 6) is 0.717. The van der Waals surface area contributed by atoms with Gasteiger partial charge in [-0.3, -0.25) is 4.79 Å². The van der Waals surface area contributed by atoms with Crippen molar-refractivity contribution in [2.24, 2.45) is 5.92 Å². The van der Waals surface area contributed by atoms with E-state index in [9.17, 15) is 4.79 Å². The summed E-state index contributed by atoms with van der Waals surface area (Å²) in [7, 11) is 1.50. The van der Waals surface area contributed by atoms with E-state index in [4.69, 9.17) is 4.74 Å². The lowest BCUT2D eigenvalue weighted by Crippen LogP contribution is -2.59. The molecule has 98 valence electrons. The number of hydrogen-bond acceptors (Lipinski definition) is 4. The number of likely N-dealkylation sites (tertiary alicyclic amines) is 1. The Morgan fingerprint density at radius 2 is 2.06 bits per heavy atom. The van der Waals surface area contributed by atoms with Crippen LogP contribution < -0.4 is 5.32 Å². The Morgan fingerprint density at radius 1 is 1.41 bits per heavy atom. The van der Waals surface area contributed by atoms with Crippen LogP contribution in [-0.2, 0) is 9.53 Å². The fourth-order valence-electron chi connectivity index (χ4n) is 2.56. The molecule has 1 saturated carbocycles. The smallest absolute Gasteiger partial charge is 0.326 e. The Kier molecular flexibility index (Phi) is 4.05. The predicted molar refractivity (Wildman–Crippen MR) is 66.8 cm³/mol. The van der Waals surface area contributed by atoms with Crippen LogP contribution in [0.2, 0.25) is 0 Å². The largest absolute Gasteiger partial charge is 0.468 e. The highest BCUT2D eigenvalue weighted by Crippen LogP contribution is 2.30. The number of esters is 1. The highest BCUT2D eigenvalue weighted by Gasteiger charge is 2.42. The summed E-state index contributed by atoms with van der Waals surface area (Å²) in [6.07, 6.45) is 4.37. The minimum absolute atomic E-state index is 0.0751. The zero-order valence-corrected chi connectivity index (χ0v) is 11.0. The van der Waals surface area contributed by atoms with Gasteiger partial charge in [-0.05, 0) is 44.7 Å². The summed E-state index contributed by atoms with van der Waals surface area (Å²) in [5.41, 5.74) is -0.414. The third-order valence-electron chi connectivity index (χ3n) is 4.16. The van der Waals surface area contributed by atoms with Gasteiger partial charge in [0.15, 0.2) is 0 Å². The number of carbonyl (C=O) groups is 1. The predicted octanol–water partition coefficient (Wildman–Crippen LogP) is 1.01. The van der Waals surface area contributed by atoms with Crippen molar-refractivity contribution in [2.45, 2.75) is 38.1 Å². The molecule has 2 rings (SSSR count). The number of hydrogen-bond donors (Lipinski definition) is 1. The van der Waals surface area contributed by atoms with Gasteiger partial charge in [0.2, 0.25) is 0 Å². The van der Waals surface area contributed by atoms with Crippen molar-refractivity contribution in [3.8, 4) is 0 Å². The van der Waals surface area contributed by atoms with Gasteiger partial charge in [0.05, 0.1) is 7.11 Å². The highest BCUT2D eigenvalue weighted by atomic mass is 16.5. The van der Waals surface area contributed by atoms with Crippen molar-refractivity contribution in [3.05, 3.63) is 0 Å². The molecule has 0 radical (unpaired) electrons. The molecule has 2 aliphatic rings. The normalized spacial score (nSPS) is 24.6. The van der Waals surface area contributed by atoms with Crippen LogP contribution >= 0.6 is 0 Å². The number of methoxy groups -OCH3 is 1. The van der Waals surface area contributed by atoms with Crippen LogP contribution in [0.1, 0.15) is 32.6 Å². The molecule has 1 N–H and O–H groups in total. The quantitative estimate of drug-likeness (QED) is 0.728. The Hall–Kier alpha value is -0.610. The maximum atomic E-state index is 12.0. The summed E-state index contributed by atoms with van der Waals surface area (Å²) in [4.78, 5) is 14.4. The molecule has 4 nitrogen and oxygen atoms in total. The number of carbonyl (C=O) groups excluding carboxylic acids is 1. The molecule has 0 unspecified atom stereocenters. The topological polar surface area (TPSA) is 41.6 Å². The van der Waals surface area contributed by atoms with Gasteiger partial charge < -0.3 is 15.0 Å². The van der Waals surface area contributed by atoms with Gasteiger partial charge in [-0.2, -0.15) is 0 Å². The number of nitrogens with one attached hydrogen (secondary N) is 1. The van der Waals surface area contributed by atoms with Crippen molar-refractivity contribution in [1.29, 1.82) is 0 Å². The van der Waals surface area contributed by atoms with E-state index in [-0.39, 0.29) is 5.97 Å². The van der Waals surface area contributed by atoms with E-state index in [0.29, 0.717) is 0 Å². The SMILES string of the molecule is CCN1CCC(NCC2CC2)(C(=O)OC)CC1. The Balaban J connectivity index is 1.94. The Morgan fingerprint density at radius 3 is 2.53 bits per heavy atom. The fraction of sp³-hybridized carbons (Fsp3) is 0.923. The molecule has 1 aliphatic carbocycles. The van der Waals surface area contributed by atoms with Gasteiger partial charge in [0, 0.05) is 13.1 Å². The average Bonchev–Trinajstić information content (AvgIpc) is 3.20. The van der Waals surface area contributed by atoms with Crippen molar-refractivity contribution >= 4 is 5.97 Å². The molecule has 0 spiro atoms. The molecule has 17 heavy (non-hydrogen) atoms. The van der Waals surface area contributed by atoms with Crippen molar-refractivity contribution in [1.82, 2.24) is 10.2 Å². The minimum Gasteiger partial charge on any atom is -0.468 e. The van der Waals surface area contributed by atoms with Crippen LogP contribution in [0.15, 0.2) is 0 Å². The van der Waals surface area contributed by atoms with E-state index in [2.05, 4.69) is 17.1 Å². The van der Waals surface area contributed by atoms with E-state index >= 15 is 0 Å². The highest BCUT2D eigenvalue weighted by molar-refractivity contribution is 5.81. The van der Waals surface area contributed by atoms with E-state index in [1.807, 2.05) is 0 Å². The van der Waals surface area contributed by atoms with Crippen LogP contribution in [0, 0.1) is 5.92 Å². The van der Waals surface area contributed by atoms with Crippen LogP contribution in [0.5, 0.6) is 0 Å². The third kappa shape index (κ3) is 2.99. The number of nitrogens with zero attached hydrogens (tertiary/aromatic N) is 1. The first-order valence-corrected chi connectivity index (χ1v) is 6.76. The van der Waals surface area contributed by atoms with Gasteiger partial charge in [0.1, 0.15) is 5.54 Å². The number of rotatable bonds is 5. The summed E-state index contributed by atoms with van der Waals surface area (Å²) in [6.45, 7) is 6.19. The van der Waals surface area contributed by atoms with Crippen molar-refractivity contribution < 1.29 is 9.53 Å². The molecule has 0 aromatic carbocycles. The second-order valence-corrected chi connectivity index (χ2v) is 5.33. The molecule has 0 bridgehead atoms. The van der Waals surface area contributed by atoms with Crippen LogP contribution in [0.3, 0.4) is 0 Å². The van der Waals surface area contributed by atoms with Gasteiger partial charge >= 0.3 is 5.97 Å². The molecular weight excluding hydrogens is 216 g/mol. The second kappa shape index (κ2) is 5.36. The van der Waals surface area contributed by atoms with Crippen molar-refractivity contribution in [3.63, 3.8) is 0 Å². The lowest BCUT2D eigenvalue weighted by molar-refractivity contribution is -0.151. The molecule has 4 heteroatoms. The Bertz CT molecular complexity index is 269. The zero-order chi connectivity index (χ0) is 12.3. The van der Waals surface area contributed by atoms with Gasteiger partial charge in [-0.15, -0.1) is 0 Å². The molecule has 0 atom stereocenters. The van der Waals surface area contributed by atoms with Gasteiger partial charge in [0.25, 0.3) is 0 Å². The first kappa shape index (κ1) is 12.8. The fourth-order valence-corrected chi connectivity index (χ4v) is 2.56. The average molecular weight is 240 g/mol. The monoisotopic (exact) mass is 240 g/mol. The number of piperidine rings is 1. The number of ether oxygens (including phenoxy) is 1. The Labute approximate surface area is 104 Å². The molecule has 2 fully saturated rings. The first-order valence-electron chi connectivity index (χ1n) is 6.76. The summed E-state index contributed by atoms with van der Waals surface area (Å²) < 4.78 is 4.99. The van der Waals surface area contributed by atoms with E-state index in [1.165, 1.54) is 20.0 Å². The minimum atomic E-state index is -0.414. The molecule has 1 saturated heterocycles. The lowest BCUT2D eigenvalue weighted by atomic mass is 9.87. The van der Waals surface area contributed by atoms with E-state index < -0.39 is 5.54 Å². The van der Waals surface area contributed by atoms with Crippen LogP contribution in [0.25, 0.3) is 0 Å². The molecule has 1 heterocycles. The standard InChI is InChI=1S/C13H24N2O2/c1-3-15-8-6-13(7-9-15,12(16)17-2)14-10-11-4-5-11/h11,14H,3-10H2,1-2H3. The van der Waals surface area contributed by atoms with Gasteiger partial charge in [-0.25, -0.2) is 0 Å². The molecular formula is C13H24N2O2. The zero-order valence-electron chi connectivity index (χ0n) is 11.0. The summed E-state index contributed by atoms with van der Waals surface area (Å²) in [5, 5.41) is 3.49. The second-order valence-electron chi connectivity index (χ2n) is 5.33. The van der Waals surface area contributed by atoms with Crippen molar-refractivity contribution in [2.75, 3.05) is 33.3 Å². The molecule has 0 aromatic rings. The maximum absolute atomic E-state index is 12.0. The van der Waals surface area contributed by atoms with E-state index in [0.717, 1.165) is 44.9 Å². The molecule has 0 aromatic heterocycles. The maximum Gasteiger partial charge on any atom is 0.326 e.